The second-order valence-corrected chi connectivity index (χ2v) is 7.46. The van der Waals surface area contributed by atoms with Gasteiger partial charge in [-0.3, -0.25) is 4.79 Å². The van der Waals surface area contributed by atoms with Gasteiger partial charge in [0.1, 0.15) is 0 Å². The van der Waals surface area contributed by atoms with Crippen LogP contribution in [0.3, 0.4) is 0 Å². The highest BCUT2D eigenvalue weighted by Gasteiger charge is 2.22. The number of rotatable bonds is 1. The van der Waals surface area contributed by atoms with Crippen molar-refractivity contribution in [3.63, 3.8) is 0 Å². The second kappa shape index (κ2) is 6.72. The number of aryl methyl sites for hydroxylation is 2. The molecule has 2 aliphatic rings. The number of fused-ring (bicyclic) bond motifs is 2. The fourth-order valence-corrected chi connectivity index (χ4v) is 4.19. The molecule has 0 saturated carbocycles. The van der Waals surface area contributed by atoms with Crippen LogP contribution in [0.25, 0.3) is 0 Å². The Labute approximate surface area is 154 Å². The monoisotopic (exact) mass is 354 g/mol. The van der Waals surface area contributed by atoms with E-state index in [1.54, 1.807) is 6.92 Å². The Morgan fingerprint density at radius 3 is 2.48 bits per heavy atom. The summed E-state index contributed by atoms with van der Waals surface area (Å²) in [7, 11) is 0. The Bertz CT molecular complexity index is 812. The first kappa shape index (κ1) is 16.5. The molecule has 2 aromatic rings. The van der Waals surface area contributed by atoms with Crippen molar-refractivity contribution in [3.05, 3.63) is 58.1 Å². The highest BCUT2D eigenvalue weighted by atomic mass is 35.5. The van der Waals surface area contributed by atoms with Gasteiger partial charge >= 0.3 is 0 Å². The summed E-state index contributed by atoms with van der Waals surface area (Å²) < 4.78 is 0. The lowest BCUT2D eigenvalue weighted by molar-refractivity contribution is -0.116. The first-order chi connectivity index (χ1) is 12.1. The summed E-state index contributed by atoms with van der Waals surface area (Å²) in [5, 5.41) is 0.730. The smallest absolute Gasteiger partial charge is 0.224 e. The molecule has 0 bridgehead atoms. The Morgan fingerprint density at radius 1 is 0.960 bits per heavy atom. The number of carbonyl (C=O) groups excluding carboxylic acids is 1. The third kappa shape index (κ3) is 3.25. The van der Waals surface area contributed by atoms with Crippen LogP contribution < -0.4 is 9.80 Å². The minimum absolute atomic E-state index is 0.0695. The van der Waals surface area contributed by atoms with E-state index in [9.17, 15) is 4.79 Å². The molecule has 130 valence electrons. The number of amides is 1. The van der Waals surface area contributed by atoms with Crippen molar-refractivity contribution in [2.45, 2.75) is 39.2 Å². The number of carbonyl (C=O) groups is 1. The highest BCUT2D eigenvalue weighted by molar-refractivity contribution is 6.30. The van der Waals surface area contributed by atoms with Crippen molar-refractivity contribution in [2.24, 2.45) is 0 Å². The van der Waals surface area contributed by atoms with Gasteiger partial charge in [-0.2, -0.15) is 0 Å². The number of nitrogens with zero attached hydrogens (tertiary/aromatic N) is 2. The fourth-order valence-electron chi connectivity index (χ4n) is 3.99. The summed E-state index contributed by atoms with van der Waals surface area (Å²) in [6.45, 7) is 4.56. The van der Waals surface area contributed by atoms with Crippen LogP contribution in [0.1, 0.15) is 36.5 Å². The van der Waals surface area contributed by atoms with E-state index in [0.717, 1.165) is 42.2 Å². The van der Waals surface area contributed by atoms with E-state index in [2.05, 4.69) is 23.1 Å². The molecule has 1 amide bonds. The molecule has 4 rings (SSSR count). The van der Waals surface area contributed by atoms with Crippen LogP contribution in [0.2, 0.25) is 5.02 Å². The number of benzene rings is 2. The SMILES string of the molecule is CC(=O)N1Cc2ccc(N3CCCC3)cc2CCc2cc(Cl)ccc21. The standard InChI is InChI=1S/C21H23ClN2O/c1-15(25)24-14-18-6-8-20(23-10-2-3-11-23)13-16(18)4-5-17-12-19(22)7-9-21(17)24/h6-9,12-13H,2-5,10-11,14H2,1H3. The van der Waals surface area contributed by atoms with Gasteiger partial charge in [0.15, 0.2) is 0 Å². The maximum Gasteiger partial charge on any atom is 0.224 e. The van der Waals surface area contributed by atoms with E-state index >= 15 is 0 Å². The largest absolute Gasteiger partial charge is 0.372 e. The van der Waals surface area contributed by atoms with Crippen molar-refractivity contribution in [2.75, 3.05) is 22.9 Å². The van der Waals surface area contributed by atoms with E-state index in [0.29, 0.717) is 6.54 Å². The summed E-state index contributed by atoms with van der Waals surface area (Å²) in [5.41, 5.74) is 6.06. The minimum Gasteiger partial charge on any atom is -0.372 e. The van der Waals surface area contributed by atoms with Crippen LogP contribution in [0, 0.1) is 0 Å². The van der Waals surface area contributed by atoms with E-state index in [4.69, 9.17) is 11.6 Å². The van der Waals surface area contributed by atoms with Crippen molar-refractivity contribution in [1.29, 1.82) is 0 Å². The third-order valence-electron chi connectivity index (χ3n) is 5.37. The summed E-state index contributed by atoms with van der Waals surface area (Å²) in [5.74, 6) is 0.0695. The molecule has 0 unspecified atom stereocenters. The average molecular weight is 355 g/mol. The quantitative estimate of drug-likeness (QED) is 0.747. The lowest BCUT2D eigenvalue weighted by atomic mass is 9.94. The number of hydrogen-bond acceptors (Lipinski definition) is 2. The molecule has 2 heterocycles. The molecule has 1 saturated heterocycles. The number of halogens is 1. The molecule has 0 spiro atoms. The molecule has 0 radical (unpaired) electrons. The number of hydrogen-bond donors (Lipinski definition) is 0. The van der Waals surface area contributed by atoms with Crippen LogP contribution in [0.5, 0.6) is 0 Å². The molecular formula is C21H23ClN2O. The van der Waals surface area contributed by atoms with Crippen molar-refractivity contribution in [1.82, 2.24) is 0 Å². The van der Waals surface area contributed by atoms with Gasteiger partial charge in [-0.05, 0) is 72.7 Å². The van der Waals surface area contributed by atoms with Gasteiger partial charge in [0.05, 0.1) is 6.54 Å². The summed E-state index contributed by atoms with van der Waals surface area (Å²) in [4.78, 5) is 16.6. The van der Waals surface area contributed by atoms with Crippen LogP contribution in [0.4, 0.5) is 11.4 Å². The van der Waals surface area contributed by atoms with Gasteiger partial charge in [0, 0.05) is 36.4 Å². The third-order valence-corrected chi connectivity index (χ3v) is 5.60. The van der Waals surface area contributed by atoms with Crippen LogP contribution >= 0.6 is 11.6 Å². The Morgan fingerprint density at radius 2 is 1.72 bits per heavy atom. The highest BCUT2D eigenvalue weighted by Crippen LogP contribution is 2.32. The molecule has 2 aromatic carbocycles. The molecule has 4 heteroatoms. The summed E-state index contributed by atoms with van der Waals surface area (Å²) >= 11 is 6.20. The zero-order chi connectivity index (χ0) is 17.4. The van der Waals surface area contributed by atoms with Gasteiger partial charge < -0.3 is 9.80 Å². The Balaban J connectivity index is 1.72. The Kier molecular flexibility index (Phi) is 4.43. The molecule has 0 aliphatic carbocycles. The number of anilines is 2. The van der Waals surface area contributed by atoms with Gasteiger partial charge in [0.25, 0.3) is 0 Å². The van der Waals surface area contributed by atoms with Crippen molar-refractivity contribution in [3.8, 4) is 0 Å². The topological polar surface area (TPSA) is 23.6 Å². The van der Waals surface area contributed by atoms with Crippen LogP contribution in [-0.2, 0) is 24.2 Å². The molecule has 3 nitrogen and oxygen atoms in total. The maximum atomic E-state index is 12.3. The van der Waals surface area contributed by atoms with E-state index in [-0.39, 0.29) is 5.91 Å². The fraction of sp³-hybridized carbons (Fsp3) is 0.381. The zero-order valence-corrected chi connectivity index (χ0v) is 15.4. The van der Waals surface area contributed by atoms with E-state index in [1.807, 2.05) is 23.1 Å². The van der Waals surface area contributed by atoms with Crippen LogP contribution in [-0.4, -0.2) is 19.0 Å². The first-order valence-electron chi connectivity index (χ1n) is 9.05. The predicted molar refractivity (Wildman–Crippen MR) is 104 cm³/mol. The maximum absolute atomic E-state index is 12.3. The summed E-state index contributed by atoms with van der Waals surface area (Å²) in [6, 6.07) is 12.6. The molecule has 25 heavy (non-hydrogen) atoms. The normalized spacial score (nSPS) is 16.9. The van der Waals surface area contributed by atoms with E-state index in [1.165, 1.54) is 29.7 Å². The zero-order valence-electron chi connectivity index (χ0n) is 14.6. The van der Waals surface area contributed by atoms with Gasteiger partial charge in [-0.15, -0.1) is 0 Å². The summed E-state index contributed by atoms with van der Waals surface area (Å²) in [6.07, 6.45) is 4.44. The van der Waals surface area contributed by atoms with Crippen molar-refractivity contribution < 1.29 is 4.79 Å². The second-order valence-electron chi connectivity index (χ2n) is 7.03. The van der Waals surface area contributed by atoms with Gasteiger partial charge in [-0.1, -0.05) is 17.7 Å². The first-order valence-corrected chi connectivity index (χ1v) is 9.43. The minimum atomic E-state index is 0.0695. The average Bonchev–Trinajstić information content (AvgIpc) is 3.11. The molecule has 0 atom stereocenters. The lowest BCUT2D eigenvalue weighted by Gasteiger charge is -2.29. The molecule has 0 N–H and O–H groups in total. The van der Waals surface area contributed by atoms with Gasteiger partial charge in [0.2, 0.25) is 5.91 Å². The predicted octanol–water partition coefficient (Wildman–Crippen LogP) is 4.59. The lowest BCUT2D eigenvalue weighted by Crippen LogP contribution is -2.30. The molecule has 2 aliphatic heterocycles. The Hall–Kier alpha value is -2.00. The van der Waals surface area contributed by atoms with Gasteiger partial charge in [-0.25, -0.2) is 0 Å². The van der Waals surface area contributed by atoms with Crippen molar-refractivity contribution >= 4 is 28.9 Å². The molecular weight excluding hydrogens is 332 g/mol. The van der Waals surface area contributed by atoms with E-state index < -0.39 is 0 Å². The molecule has 1 fully saturated rings. The van der Waals surface area contributed by atoms with Crippen LogP contribution in [0.15, 0.2) is 36.4 Å². The molecule has 0 aromatic heterocycles.